The fraction of sp³-hybridized carbons (Fsp3) is 0.733. The van der Waals surface area contributed by atoms with Crippen molar-refractivity contribution in [2.45, 2.75) is 45.1 Å². The Bertz CT molecular complexity index is 375. The molecule has 0 radical (unpaired) electrons. The molecule has 5 heteroatoms. The minimum Gasteiger partial charge on any atom is -0.490 e. The predicted molar refractivity (Wildman–Crippen MR) is 77.8 cm³/mol. The summed E-state index contributed by atoms with van der Waals surface area (Å²) in [4.78, 5) is 10.6. The van der Waals surface area contributed by atoms with Crippen molar-refractivity contribution in [1.29, 1.82) is 0 Å². The Morgan fingerprint density at radius 2 is 1.90 bits per heavy atom. The lowest BCUT2D eigenvalue weighted by molar-refractivity contribution is 0.0816. The average molecular weight is 279 g/mol. The van der Waals surface area contributed by atoms with Crippen molar-refractivity contribution in [3.63, 3.8) is 0 Å². The Labute approximate surface area is 121 Å². The number of hydrogen-bond acceptors (Lipinski definition) is 5. The maximum atomic E-state index is 9.44. The summed E-state index contributed by atoms with van der Waals surface area (Å²) in [5.41, 5.74) is 0. The lowest BCUT2D eigenvalue weighted by Crippen LogP contribution is -2.36. The number of aliphatic hydroxyl groups excluding tert-OH is 1. The molecule has 0 saturated carbocycles. The van der Waals surface area contributed by atoms with Crippen molar-refractivity contribution >= 4 is 0 Å². The first-order chi connectivity index (χ1) is 9.74. The summed E-state index contributed by atoms with van der Waals surface area (Å²) in [5.74, 6) is 1.52. The fourth-order valence-corrected chi connectivity index (χ4v) is 2.40. The Balaban J connectivity index is 1.48. The number of likely N-dealkylation sites (tertiary alicyclic amines) is 1. The van der Waals surface area contributed by atoms with E-state index >= 15 is 0 Å². The molecule has 1 aromatic heterocycles. The SMILES string of the molecule is Cc1ncc(OCCCCCN2CCC(O)CC2)cn1. The number of unbranched alkanes of at least 4 members (excludes halogenated alkanes) is 2. The summed E-state index contributed by atoms with van der Waals surface area (Å²) in [7, 11) is 0. The molecule has 0 aliphatic carbocycles. The van der Waals surface area contributed by atoms with Gasteiger partial charge in [-0.25, -0.2) is 9.97 Å². The molecule has 0 spiro atoms. The Kier molecular flexibility index (Phi) is 6.21. The van der Waals surface area contributed by atoms with Crippen molar-refractivity contribution in [2.75, 3.05) is 26.2 Å². The molecular formula is C15H25N3O2. The number of rotatable bonds is 7. The molecule has 0 unspecified atom stereocenters. The van der Waals surface area contributed by atoms with Crippen molar-refractivity contribution in [3.05, 3.63) is 18.2 Å². The van der Waals surface area contributed by atoms with Crippen LogP contribution in [0, 0.1) is 6.92 Å². The van der Waals surface area contributed by atoms with Gasteiger partial charge < -0.3 is 14.7 Å². The number of nitrogens with zero attached hydrogens (tertiary/aromatic N) is 3. The van der Waals surface area contributed by atoms with Gasteiger partial charge in [0.1, 0.15) is 5.82 Å². The molecule has 0 amide bonds. The maximum Gasteiger partial charge on any atom is 0.155 e. The van der Waals surface area contributed by atoms with Gasteiger partial charge in [-0.3, -0.25) is 0 Å². The first kappa shape index (κ1) is 15.2. The van der Waals surface area contributed by atoms with Gasteiger partial charge in [0.2, 0.25) is 0 Å². The van der Waals surface area contributed by atoms with Crippen molar-refractivity contribution < 1.29 is 9.84 Å². The van der Waals surface area contributed by atoms with Crippen LogP contribution in [0.1, 0.15) is 37.9 Å². The first-order valence-corrected chi connectivity index (χ1v) is 7.56. The van der Waals surface area contributed by atoms with E-state index in [0.717, 1.165) is 57.1 Å². The molecule has 0 aromatic carbocycles. The molecule has 5 nitrogen and oxygen atoms in total. The van der Waals surface area contributed by atoms with Crippen LogP contribution in [0.5, 0.6) is 5.75 Å². The third-order valence-corrected chi connectivity index (χ3v) is 3.70. The molecular weight excluding hydrogens is 254 g/mol. The van der Waals surface area contributed by atoms with Crippen LogP contribution in [0.4, 0.5) is 0 Å². The van der Waals surface area contributed by atoms with E-state index in [1.165, 1.54) is 12.8 Å². The van der Waals surface area contributed by atoms with Crippen LogP contribution in [0.2, 0.25) is 0 Å². The third kappa shape index (κ3) is 5.43. The van der Waals surface area contributed by atoms with Gasteiger partial charge in [0.05, 0.1) is 25.1 Å². The summed E-state index contributed by atoms with van der Waals surface area (Å²) in [6.45, 7) is 5.81. The van der Waals surface area contributed by atoms with Gasteiger partial charge in [0, 0.05) is 13.1 Å². The van der Waals surface area contributed by atoms with Gasteiger partial charge in [-0.2, -0.15) is 0 Å². The minimum absolute atomic E-state index is 0.0728. The number of ether oxygens (including phenoxy) is 1. The quantitative estimate of drug-likeness (QED) is 0.771. The maximum absolute atomic E-state index is 9.44. The molecule has 20 heavy (non-hydrogen) atoms. The fourth-order valence-electron chi connectivity index (χ4n) is 2.40. The van der Waals surface area contributed by atoms with E-state index in [4.69, 9.17) is 4.74 Å². The van der Waals surface area contributed by atoms with Crippen LogP contribution in [0.25, 0.3) is 0 Å². The second-order valence-corrected chi connectivity index (χ2v) is 5.45. The summed E-state index contributed by atoms with van der Waals surface area (Å²) in [6.07, 6.45) is 8.66. The van der Waals surface area contributed by atoms with E-state index in [-0.39, 0.29) is 6.10 Å². The molecule has 1 fully saturated rings. The number of piperidine rings is 1. The molecule has 0 bridgehead atoms. The van der Waals surface area contributed by atoms with Gasteiger partial charge in [-0.1, -0.05) is 0 Å². The molecule has 1 aromatic rings. The second-order valence-electron chi connectivity index (χ2n) is 5.45. The largest absolute Gasteiger partial charge is 0.490 e. The van der Waals surface area contributed by atoms with E-state index in [2.05, 4.69) is 14.9 Å². The minimum atomic E-state index is -0.0728. The smallest absolute Gasteiger partial charge is 0.155 e. The van der Waals surface area contributed by atoms with Crippen LogP contribution in [-0.2, 0) is 0 Å². The number of hydrogen-bond donors (Lipinski definition) is 1. The van der Waals surface area contributed by atoms with Gasteiger partial charge in [-0.05, 0) is 45.6 Å². The highest BCUT2D eigenvalue weighted by Crippen LogP contribution is 2.11. The Hall–Kier alpha value is -1.20. The Morgan fingerprint density at radius 1 is 1.20 bits per heavy atom. The highest BCUT2D eigenvalue weighted by molar-refractivity contribution is 5.11. The van der Waals surface area contributed by atoms with Crippen LogP contribution in [-0.4, -0.2) is 52.3 Å². The lowest BCUT2D eigenvalue weighted by atomic mass is 10.1. The molecule has 112 valence electrons. The highest BCUT2D eigenvalue weighted by Gasteiger charge is 2.15. The number of aryl methyl sites for hydroxylation is 1. The zero-order valence-corrected chi connectivity index (χ0v) is 12.3. The molecule has 1 aliphatic rings. The lowest BCUT2D eigenvalue weighted by Gasteiger charge is -2.29. The van der Waals surface area contributed by atoms with E-state index in [9.17, 15) is 5.11 Å². The van der Waals surface area contributed by atoms with E-state index in [1.807, 2.05) is 6.92 Å². The molecule has 1 aliphatic heterocycles. The number of aromatic nitrogens is 2. The molecule has 0 atom stereocenters. The van der Waals surface area contributed by atoms with Gasteiger partial charge >= 0.3 is 0 Å². The molecule has 2 heterocycles. The predicted octanol–water partition coefficient (Wildman–Crippen LogP) is 1.79. The second kappa shape index (κ2) is 8.17. The van der Waals surface area contributed by atoms with Crippen molar-refractivity contribution in [2.24, 2.45) is 0 Å². The first-order valence-electron chi connectivity index (χ1n) is 7.56. The molecule has 2 rings (SSSR count). The van der Waals surface area contributed by atoms with Gasteiger partial charge in [0.15, 0.2) is 5.75 Å². The normalized spacial score (nSPS) is 17.3. The van der Waals surface area contributed by atoms with Crippen LogP contribution in [0.15, 0.2) is 12.4 Å². The standard InChI is InChI=1S/C15H25N3O2/c1-13-16-11-15(12-17-13)20-10-4-2-3-7-18-8-5-14(19)6-9-18/h11-12,14,19H,2-10H2,1H3. The summed E-state index contributed by atoms with van der Waals surface area (Å²) in [5, 5.41) is 9.44. The van der Waals surface area contributed by atoms with Crippen molar-refractivity contribution in [1.82, 2.24) is 14.9 Å². The zero-order chi connectivity index (χ0) is 14.2. The van der Waals surface area contributed by atoms with Crippen LogP contribution < -0.4 is 4.74 Å². The number of aliphatic hydroxyl groups is 1. The van der Waals surface area contributed by atoms with Gasteiger partial charge in [0.25, 0.3) is 0 Å². The van der Waals surface area contributed by atoms with E-state index < -0.39 is 0 Å². The van der Waals surface area contributed by atoms with E-state index in [0.29, 0.717) is 0 Å². The van der Waals surface area contributed by atoms with Crippen LogP contribution >= 0.6 is 0 Å². The zero-order valence-electron chi connectivity index (χ0n) is 12.3. The summed E-state index contributed by atoms with van der Waals surface area (Å²) >= 11 is 0. The van der Waals surface area contributed by atoms with Crippen molar-refractivity contribution in [3.8, 4) is 5.75 Å². The molecule has 1 N–H and O–H groups in total. The average Bonchev–Trinajstić information content (AvgIpc) is 2.46. The monoisotopic (exact) mass is 279 g/mol. The van der Waals surface area contributed by atoms with E-state index in [1.54, 1.807) is 12.4 Å². The summed E-state index contributed by atoms with van der Waals surface area (Å²) < 4.78 is 5.60. The van der Waals surface area contributed by atoms with Crippen LogP contribution in [0.3, 0.4) is 0 Å². The highest BCUT2D eigenvalue weighted by atomic mass is 16.5. The third-order valence-electron chi connectivity index (χ3n) is 3.70. The summed E-state index contributed by atoms with van der Waals surface area (Å²) in [6, 6.07) is 0. The molecule has 1 saturated heterocycles. The Morgan fingerprint density at radius 3 is 2.60 bits per heavy atom. The van der Waals surface area contributed by atoms with Gasteiger partial charge in [-0.15, -0.1) is 0 Å². The topological polar surface area (TPSA) is 58.5 Å².